The van der Waals surface area contributed by atoms with Crippen molar-refractivity contribution in [2.24, 2.45) is 0 Å². The topological polar surface area (TPSA) is 9.23 Å². The van der Waals surface area contributed by atoms with Crippen molar-refractivity contribution in [3.8, 4) is 5.75 Å². The lowest BCUT2D eigenvalue weighted by Gasteiger charge is -2.15. The summed E-state index contributed by atoms with van der Waals surface area (Å²) in [4.78, 5) is 0. The van der Waals surface area contributed by atoms with E-state index in [1.807, 2.05) is 0 Å². The van der Waals surface area contributed by atoms with E-state index in [-0.39, 0.29) is 0 Å². The SMILES string of the molecule is CCc1cc(C)cc(COc2c(C)cccc2C)c1Br. The number of para-hydroxylation sites is 1. The molecule has 0 bridgehead atoms. The van der Waals surface area contributed by atoms with Crippen molar-refractivity contribution < 1.29 is 4.74 Å². The van der Waals surface area contributed by atoms with E-state index in [4.69, 9.17) is 4.74 Å². The minimum atomic E-state index is 0.598. The fraction of sp³-hybridized carbons (Fsp3) is 0.333. The number of rotatable bonds is 4. The molecule has 0 amide bonds. The first-order valence-corrected chi connectivity index (χ1v) is 7.79. The second kappa shape index (κ2) is 6.45. The van der Waals surface area contributed by atoms with Crippen LogP contribution in [0, 0.1) is 20.8 Å². The molecule has 2 rings (SSSR count). The summed E-state index contributed by atoms with van der Waals surface area (Å²) >= 11 is 3.71. The molecule has 0 fully saturated rings. The Balaban J connectivity index is 2.25. The Bertz CT molecular complexity index is 597. The van der Waals surface area contributed by atoms with Gasteiger partial charge in [-0.15, -0.1) is 0 Å². The molecule has 0 spiro atoms. The Morgan fingerprint density at radius 2 is 1.60 bits per heavy atom. The monoisotopic (exact) mass is 332 g/mol. The molecule has 0 heterocycles. The highest BCUT2D eigenvalue weighted by Crippen LogP contribution is 2.28. The maximum atomic E-state index is 6.06. The molecule has 0 radical (unpaired) electrons. The number of aryl methyl sites for hydroxylation is 4. The second-order valence-corrected chi connectivity index (χ2v) is 6.05. The first-order chi connectivity index (χ1) is 9.52. The van der Waals surface area contributed by atoms with Gasteiger partial charge in [0.05, 0.1) is 0 Å². The molecule has 2 aromatic rings. The predicted molar refractivity (Wildman–Crippen MR) is 88.5 cm³/mol. The standard InChI is InChI=1S/C18H21BrO/c1-5-15-9-12(2)10-16(17(15)19)11-20-18-13(3)7-6-8-14(18)4/h6-10H,5,11H2,1-4H3. The van der Waals surface area contributed by atoms with Crippen LogP contribution in [0.4, 0.5) is 0 Å². The molecular weight excluding hydrogens is 312 g/mol. The highest BCUT2D eigenvalue weighted by Gasteiger charge is 2.09. The number of halogens is 1. The molecule has 106 valence electrons. The summed E-state index contributed by atoms with van der Waals surface area (Å²) in [5.74, 6) is 0.999. The van der Waals surface area contributed by atoms with Gasteiger partial charge in [-0.3, -0.25) is 0 Å². The van der Waals surface area contributed by atoms with Gasteiger partial charge in [-0.1, -0.05) is 58.7 Å². The Morgan fingerprint density at radius 3 is 2.20 bits per heavy atom. The Morgan fingerprint density at radius 1 is 1.00 bits per heavy atom. The lowest BCUT2D eigenvalue weighted by molar-refractivity contribution is 0.301. The normalized spacial score (nSPS) is 10.7. The molecule has 0 aliphatic heterocycles. The zero-order valence-corrected chi connectivity index (χ0v) is 14.2. The maximum Gasteiger partial charge on any atom is 0.125 e. The van der Waals surface area contributed by atoms with E-state index < -0.39 is 0 Å². The van der Waals surface area contributed by atoms with E-state index in [1.165, 1.54) is 32.3 Å². The van der Waals surface area contributed by atoms with Crippen LogP contribution in [-0.2, 0) is 13.0 Å². The first-order valence-electron chi connectivity index (χ1n) is 6.99. The highest BCUT2D eigenvalue weighted by atomic mass is 79.9. The van der Waals surface area contributed by atoms with Crippen LogP contribution in [0.3, 0.4) is 0 Å². The van der Waals surface area contributed by atoms with Crippen molar-refractivity contribution in [2.45, 2.75) is 40.7 Å². The van der Waals surface area contributed by atoms with E-state index in [9.17, 15) is 0 Å². The molecule has 0 atom stereocenters. The van der Waals surface area contributed by atoms with Crippen LogP contribution in [0.5, 0.6) is 5.75 Å². The van der Waals surface area contributed by atoms with Crippen molar-refractivity contribution in [1.82, 2.24) is 0 Å². The van der Waals surface area contributed by atoms with Gasteiger partial charge in [0, 0.05) is 10.0 Å². The van der Waals surface area contributed by atoms with Gasteiger partial charge in [0.25, 0.3) is 0 Å². The third kappa shape index (κ3) is 3.24. The summed E-state index contributed by atoms with van der Waals surface area (Å²) in [5.41, 5.74) is 6.20. The molecule has 1 nitrogen and oxygen atoms in total. The van der Waals surface area contributed by atoms with Crippen molar-refractivity contribution >= 4 is 15.9 Å². The molecular formula is C18H21BrO. The van der Waals surface area contributed by atoms with Crippen molar-refractivity contribution in [2.75, 3.05) is 0 Å². The van der Waals surface area contributed by atoms with Crippen LogP contribution in [-0.4, -0.2) is 0 Å². The summed E-state index contributed by atoms with van der Waals surface area (Å²) in [6.45, 7) is 9.08. The summed E-state index contributed by atoms with van der Waals surface area (Å²) in [7, 11) is 0. The maximum absolute atomic E-state index is 6.06. The zero-order valence-electron chi connectivity index (χ0n) is 12.6. The van der Waals surface area contributed by atoms with Gasteiger partial charge >= 0.3 is 0 Å². The molecule has 0 aromatic heterocycles. The molecule has 2 aromatic carbocycles. The van der Waals surface area contributed by atoms with Gasteiger partial charge < -0.3 is 4.74 Å². The Kier molecular flexibility index (Phi) is 4.87. The van der Waals surface area contributed by atoms with Crippen LogP contribution in [0.25, 0.3) is 0 Å². The lowest BCUT2D eigenvalue weighted by atomic mass is 10.1. The second-order valence-electron chi connectivity index (χ2n) is 5.26. The lowest BCUT2D eigenvalue weighted by Crippen LogP contribution is -2.02. The summed E-state index contributed by atoms with van der Waals surface area (Å²) in [6, 6.07) is 10.7. The number of benzene rings is 2. The van der Waals surface area contributed by atoms with Gasteiger partial charge in [0.1, 0.15) is 12.4 Å². The van der Waals surface area contributed by atoms with Crippen LogP contribution >= 0.6 is 15.9 Å². The third-order valence-corrected chi connectivity index (χ3v) is 4.55. The minimum Gasteiger partial charge on any atom is -0.488 e. The van der Waals surface area contributed by atoms with Crippen molar-refractivity contribution in [3.05, 3.63) is 62.6 Å². The fourth-order valence-corrected chi connectivity index (χ4v) is 3.09. The molecule has 0 unspecified atom stereocenters. The van der Waals surface area contributed by atoms with Gasteiger partial charge in [-0.25, -0.2) is 0 Å². The van der Waals surface area contributed by atoms with Crippen LogP contribution < -0.4 is 4.74 Å². The number of ether oxygens (including phenoxy) is 1. The molecule has 2 heteroatoms. The molecule has 0 N–H and O–H groups in total. The molecule has 0 aliphatic carbocycles. The average Bonchev–Trinajstić information content (AvgIpc) is 2.41. The molecule has 0 aliphatic rings. The molecule has 0 saturated heterocycles. The van der Waals surface area contributed by atoms with Gasteiger partial charge in [0.2, 0.25) is 0 Å². The van der Waals surface area contributed by atoms with Crippen LogP contribution in [0.1, 0.15) is 34.7 Å². The largest absolute Gasteiger partial charge is 0.488 e. The molecule has 20 heavy (non-hydrogen) atoms. The first kappa shape index (κ1) is 15.1. The highest BCUT2D eigenvalue weighted by molar-refractivity contribution is 9.10. The average molecular weight is 333 g/mol. The third-order valence-electron chi connectivity index (χ3n) is 3.53. The smallest absolute Gasteiger partial charge is 0.125 e. The van der Waals surface area contributed by atoms with E-state index >= 15 is 0 Å². The summed E-state index contributed by atoms with van der Waals surface area (Å²) in [5, 5.41) is 0. The van der Waals surface area contributed by atoms with Gasteiger partial charge in [0.15, 0.2) is 0 Å². The quantitative estimate of drug-likeness (QED) is 0.716. The van der Waals surface area contributed by atoms with Gasteiger partial charge in [-0.05, 0) is 43.9 Å². The van der Waals surface area contributed by atoms with Crippen LogP contribution in [0.2, 0.25) is 0 Å². The van der Waals surface area contributed by atoms with E-state index in [1.54, 1.807) is 0 Å². The van der Waals surface area contributed by atoms with Crippen molar-refractivity contribution in [3.63, 3.8) is 0 Å². The van der Waals surface area contributed by atoms with E-state index in [0.29, 0.717) is 6.61 Å². The van der Waals surface area contributed by atoms with E-state index in [0.717, 1.165) is 12.2 Å². The minimum absolute atomic E-state index is 0.598. The van der Waals surface area contributed by atoms with Crippen molar-refractivity contribution in [1.29, 1.82) is 0 Å². The van der Waals surface area contributed by atoms with Gasteiger partial charge in [-0.2, -0.15) is 0 Å². The van der Waals surface area contributed by atoms with Crippen LogP contribution in [0.15, 0.2) is 34.8 Å². The Labute approximate surface area is 130 Å². The summed E-state index contributed by atoms with van der Waals surface area (Å²) in [6.07, 6.45) is 1.03. The van der Waals surface area contributed by atoms with E-state index in [2.05, 4.69) is 74.0 Å². The number of hydrogen-bond donors (Lipinski definition) is 0. The summed E-state index contributed by atoms with van der Waals surface area (Å²) < 4.78 is 7.24. The zero-order chi connectivity index (χ0) is 14.7. The fourth-order valence-electron chi connectivity index (χ4n) is 2.46. The number of hydrogen-bond acceptors (Lipinski definition) is 1. The predicted octanol–water partition coefficient (Wildman–Crippen LogP) is 5.52. The Hall–Kier alpha value is -1.28. The molecule has 0 saturated carbocycles.